The fourth-order valence-electron chi connectivity index (χ4n) is 3.41. The van der Waals surface area contributed by atoms with Crippen LogP contribution in [0.15, 0.2) is 82.4 Å². The topological polar surface area (TPSA) is 108 Å². The molecule has 0 bridgehead atoms. The number of pyridine rings is 1. The molecule has 0 fully saturated rings. The molecule has 0 unspecified atom stereocenters. The molecular formula is C26H19ClN4O3S. The highest BCUT2D eigenvalue weighted by molar-refractivity contribution is 8.00. The summed E-state index contributed by atoms with van der Waals surface area (Å²) in [6.45, 7) is 1.68. The van der Waals surface area contributed by atoms with Crippen LogP contribution in [0.4, 0.5) is 11.4 Å². The summed E-state index contributed by atoms with van der Waals surface area (Å²) in [6.07, 6.45) is 1.47. The molecule has 0 aliphatic carbocycles. The molecule has 0 aliphatic heterocycles. The first kappa shape index (κ1) is 24.1. The predicted molar refractivity (Wildman–Crippen MR) is 137 cm³/mol. The summed E-state index contributed by atoms with van der Waals surface area (Å²) in [5.74, 6) is -0.305. The molecule has 2 aromatic carbocycles. The third-order valence-corrected chi connectivity index (χ3v) is 6.18. The SMILES string of the molecule is Cc1nc(SCC(=O)Nc2ccccc2)c(C#N)c(-c2ccco2)c1C(=O)Nc1ccc(Cl)cc1. The van der Waals surface area contributed by atoms with Crippen molar-refractivity contribution in [2.24, 2.45) is 0 Å². The minimum atomic E-state index is -0.446. The van der Waals surface area contributed by atoms with Crippen LogP contribution in [0.3, 0.4) is 0 Å². The van der Waals surface area contributed by atoms with E-state index in [0.29, 0.717) is 38.4 Å². The zero-order valence-corrected chi connectivity index (χ0v) is 20.1. The van der Waals surface area contributed by atoms with Gasteiger partial charge < -0.3 is 15.1 Å². The van der Waals surface area contributed by atoms with Crippen LogP contribution in [0.1, 0.15) is 21.6 Å². The van der Waals surface area contributed by atoms with Gasteiger partial charge in [0, 0.05) is 16.4 Å². The monoisotopic (exact) mass is 502 g/mol. The van der Waals surface area contributed by atoms with E-state index in [-0.39, 0.29) is 22.8 Å². The number of aryl methyl sites for hydroxylation is 1. The number of thioether (sulfide) groups is 1. The van der Waals surface area contributed by atoms with Gasteiger partial charge in [-0.05, 0) is 55.5 Å². The van der Waals surface area contributed by atoms with Crippen molar-refractivity contribution < 1.29 is 14.0 Å². The lowest BCUT2D eigenvalue weighted by molar-refractivity contribution is -0.113. The summed E-state index contributed by atoms with van der Waals surface area (Å²) in [5, 5.41) is 16.5. The van der Waals surface area contributed by atoms with Gasteiger partial charge in [0.05, 0.1) is 34.4 Å². The van der Waals surface area contributed by atoms with Crippen molar-refractivity contribution in [3.8, 4) is 17.4 Å². The number of hydrogen-bond acceptors (Lipinski definition) is 6. The van der Waals surface area contributed by atoms with Crippen LogP contribution in [-0.4, -0.2) is 22.6 Å². The minimum absolute atomic E-state index is 0.0317. The molecular weight excluding hydrogens is 484 g/mol. The molecule has 4 rings (SSSR count). The molecule has 4 aromatic rings. The lowest BCUT2D eigenvalue weighted by atomic mass is 9.99. The molecule has 0 spiro atoms. The van der Waals surface area contributed by atoms with Crippen molar-refractivity contribution in [3.63, 3.8) is 0 Å². The van der Waals surface area contributed by atoms with Gasteiger partial charge in [-0.15, -0.1) is 0 Å². The lowest BCUT2D eigenvalue weighted by Gasteiger charge is -2.15. The van der Waals surface area contributed by atoms with Crippen molar-refractivity contribution in [2.75, 3.05) is 16.4 Å². The second-order valence-corrected chi connectivity index (χ2v) is 8.78. The van der Waals surface area contributed by atoms with Crippen LogP contribution in [0, 0.1) is 18.3 Å². The zero-order chi connectivity index (χ0) is 24.8. The number of carbonyl (C=O) groups excluding carboxylic acids is 2. The second-order valence-electron chi connectivity index (χ2n) is 7.38. The Balaban J connectivity index is 1.66. The van der Waals surface area contributed by atoms with E-state index in [0.717, 1.165) is 11.8 Å². The maximum Gasteiger partial charge on any atom is 0.258 e. The first-order valence-corrected chi connectivity index (χ1v) is 11.9. The number of nitrogens with one attached hydrogen (secondary N) is 2. The number of furan rings is 1. The average molecular weight is 503 g/mol. The third kappa shape index (κ3) is 5.72. The van der Waals surface area contributed by atoms with Crippen LogP contribution in [0.25, 0.3) is 11.3 Å². The Labute approximate surface area is 211 Å². The van der Waals surface area contributed by atoms with E-state index in [1.807, 2.05) is 18.2 Å². The zero-order valence-electron chi connectivity index (χ0n) is 18.5. The number of halogens is 1. The maximum atomic E-state index is 13.3. The van der Waals surface area contributed by atoms with Gasteiger partial charge in [0.25, 0.3) is 5.91 Å². The Morgan fingerprint density at radius 1 is 1.03 bits per heavy atom. The quantitative estimate of drug-likeness (QED) is 0.293. The maximum absolute atomic E-state index is 13.3. The molecule has 7 nitrogen and oxygen atoms in total. The Bertz CT molecular complexity index is 1400. The van der Waals surface area contributed by atoms with Crippen molar-refractivity contribution in [2.45, 2.75) is 11.9 Å². The van der Waals surface area contributed by atoms with Crippen LogP contribution in [0.2, 0.25) is 5.02 Å². The summed E-state index contributed by atoms with van der Waals surface area (Å²) >= 11 is 7.05. The molecule has 0 saturated carbocycles. The minimum Gasteiger partial charge on any atom is -0.464 e. The Hall–Kier alpha value is -4.06. The lowest BCUT2D eigenvalue weighted by Crippen LogP contribution is -2.18. The fraction of sp³-hybridized carbons (Fsp3) is 0.0769. The highest BCUT2D eigenvalue weighted by Gasteiger charge is 2.26. The average Bonchev–Trinajstić information content (AvgIpc) is 3.39. The summed E-state index contributed by atoms with van der Waals surface area (Å²) in [4.78, 5) is 30.2. The van der Waals surface area contributed by atoms with Crippen molar-refractivity contribution in [1.82, 2.24) is 4.98 Å². The molecule has 0 aliphatic rings. The Morgan fingerprint density at radius 2 is 1.74 bits per heavy atom. The van der Waals surface area contributed by atoms with Gasteiger partial charge in [-0.2, -0.15) is 5.26 Å². The van der Waals surface area contributed by atoms with Crippen molar-refractivity contribution in [1.29, 1.82) is 5.26 Å². The number of nitriles is 1. The fourth-order valence-corrected chi connectivity index (χ4v) is 4.37. The molecule has 0 saturated heterocycles. The summed E-state index contributed by atoms with van der Waals surface area (Å²) in [7, 11) is 0. The van der Waals surface area contributed by atoms with Crippen LogP contribution in [0.5, 0.6) is 0 Å². The predicted octanol–water partition coefficient (Wildman–Crippen LogP) is 6.16. The van der Waals surface area contributed by atoms with Gasteiger partial charge >= 0.3 is 0 Å². The molecule has 0 atom stereocenters. The van der Waals surface area contributed by atoms with Gasteiger partial charge in [0.2, 0.25) is 5.91 Å². The number of para-hydroxylation sites is 1. The number of rotatable bonds is 7. The molecule has 0 radical (unpaired) electrons. The summed E-state index contributed by atoms with van der Waals surface area (Å²) in [5.41, 5.74) is 2.30. The molecule has 2 aromatic heterocycles. The third-order valence-electron chi connectivity index (χ3n) is 4.95. The van der Waals surface area contributed by atoms with Gasteiger partial charge in [0.15, 0.2) is 0 Å². The molecule has 35 heavy (non-hydrogen) atoms. The normalized spacial score (nSPS) is 10.4. The van der Waals surface area contributed by atoms with Crippen LogP contribution in [-0.2, 0) is 4.79 Å². The molecule has 174 valence electrons. The highest BCUT2D eigenvalue weighted by Crippen LogP contribution is 2.35. The van der Waals surface area contributed by atoms with Crippen LogP contribution < -0.4 is 10.6 Å². The van der Waals surface area contributed by atoms with E-state index in [2.05, 4.69) is 21.7 Å². The van der Waals surface area contributed by atoms with Gasteiger partial charge in [-0.3, -0.25) is 9.59 Å². The smallest absolute Gasteiger partial charge is 0.258 e. The highest BCUT2D eigenvalue weighted by atomic mass is 35.5. The Morgan fingerprint density at radius 3 is 2.40 bits per heavy atom. The van der Waals surface area contributed by atoms with E-state index in [9.17, 15) is 14.9 Å². The van der Waals surface area contributed by atoms with Crippen LogP contribution >= 0.6 is 23.4 Å². The standard InChI is InChI=1S/C26H19ClN4O3S/c1-16-23(25(33)31-19-11-9-17(27)10-12-19)24(21-8-5-13-34-21)20(14-28)26(29-16)35-15-22(32)30-18-6-3-2-4-7-18/h2-13H,15H2,1H3,(H,30,32)(H,31,33). The Kier molecular flexibility index (Phi) is 7.51. The molecule has 2 amide bonds. The van der Waals surface area contributed by atoms with Crippen molar-refractivity contribution >= 4 is 46.6 Å². The van der Waals surface area contributed by atoms with E-state index >= 15 is 0 Å². The number of aromatic nitrogens is 1. The van der Waals surface area contributed by atoms with E-state index in [1.54, 1.807) is 55.5 Å². The van der Waals surface area contributed by atoms with E-state index in [4.69, 9.17) is 16.0 Å². The largest absolute Gasteiger partial charge is 0.464 e. The molecule has 9 heteroatoms. The first-order valence-electron chi connectivity index (χ1n) is 10.5. The number of carbonyl (C=O) groups is 2. The van der Waals surface area contributed by atoms with E-state index < -0.39 is 5.91 Å². The number of amides is 2. The second kappa shape index (κ2) is 10.9. The number of benzene rings is 2. The molecule has 2 N–H and O–H groups in total. The van der Waals surface area contributed by atoms with Gasteiger partial charge in [0.1, 0.15) is 16.9 Å². The van der Waals surface area contributed by atoms with Crippen molar-refractivity contribution in [3.05, 3.63) is 94.8 Å². The van der Waals surface area contributed by atoms with Gasteiger partial charge in [-0.1, -0.05) is 41.6 Å². The number of nitrogens with zero attached hydrogens (tertiary/aromatic N) is 2. The summed E-state index contributed by atoms with van der Waals surface area (Å²) < 4.78 is 5.57. The summed E-state index contributed by atoms with van der Waals surface area (Å²) in [6, 6.07) is 21.3. The number of anilines is 2. The van der Waals surface area contributed by atoms with E-state index in [1.165, 1.54) is 6.26 Å². The van der Waals surface area contributed by atoms with Gasteiger partial charge in [-0.25, -0.2) is 4.98 Å². The first-order chi connectivity index (χ1) is 17.0. The number of hydrogen-bond donors (Lipinski definition) is 2. The molecule has 2 heterocycles.